The van der Waals surface area contributed by atoms with Gasteiger partial charge >= 0.3 is 0 Å². The minimum Gasteiger partial charge on any atom is -0.493 e. The van der Waals surface area contributed by atoms with Crippen molar-refractivity contribution < 1.29 is 28.3 Å². The third kappa shape index (κ3) is 5.24. The van der Waals surface area contributed by atoms with Crippen molar-refractivity contribution in [1.82, 2.24) is 16.2 Å². The van der Waals surface area contributed by atoms with Gasteiger partial charge < -0.3 is 19.2 Å². The number of rotatable bonds is 7. The molecular weight excluding hydrogens is 354 g/mol. The highest BCUT2D eigenvalue weighted by atomic mass is 16.5. The molecule has 0 radical (unpaired) electrons. The summed E-state index contributed by atoms with van der Waals surface area (Å²) in [5.41, 5.74) is 5.10. The van der Waals surface area contributed by atoms with E-state index in [1.54, 1.807) is 19.1 Å². The predicted molar refractivity (Wildman–Crippen MR) is 95.6 cm³/mol. The lowest BCUT2D eigenvalue weighted by Gasteiger charge is -2.12. The minimum absolute atomic E-state index is 0.272. The van der Waals surface area contributed by atoms with E-state index >= 15 is 0 Å². The van der Waals surface area contributed by atoms with Crippen LogP contribution < -0.4 is 25.6 Å². The van der Waals surface area contributed by atoms with Crippen molar-refractivity contribution in [2.24, 2.45) is 0 Å². The number of benzene rings is 1. The number of carbonyl (C=O) groups excluding carboxylic acids is 3. The highest BCUT2D eigenvalue weighted by molar-refractivity contribution is 5.98. The number of hydrogen-bond acceptors (Lipinski definition) is 6. The van der Waals surface area contributed by atoms with Gasteiger partial charge in [0.05, 0.1) is 32.1 Å². The Morgan fingerprint density at radius 1 is 1.07 bits per heavy atom. The van der Waals surface area contributed by atoms with Crippen LogP contribution in [0.5, 0.6) is 11.5 Å². The van der Waals surface area contributed by atoms with Crippen LogP contribution in [0.3, 0.4) is 0 Å². The van der Waals surface area contributed by atoms with Crippen LogP contribution in [0.4, 0.5) is 0 Å². The quantitative estimate of drug-likeness (QED) is 0.626. The Balaban J connectivity index is 1.85. The number of carbonyl (C=O) groups is 3. The molecule has 0 spiro atoms. The minimum atomic E-state index is -0.587. The van der Waals surface area contributed by atoms with Crippen molar-refractivity contribution in [2.45, 2.75) is 13.8 Å². The van der Waals surface area contributed by atoms with Crippen molar-refractivity contribution in [1.29, 1.82) is 0 Å². The van der Waals surface area contributed by atoms with Gasteiger partial charge in [-0.3, -0.25) is 25.2 Å². The molecule has 2 rings (SSSR count). The zero-order valence-electron chi connectivity index (χ0n) is 15.3. The van der Waals surface area contributed by atoms with E-state index < -0.39 is 17.7 Å². The lowest BCUT2D eigenvalue weighted by atomic mass is 10.2. The molecule has 1 aromatic carbocycles. The number of methoxy groups -OCH3 is 1. The average molecular weight is 375 g/mol. The largest absolute Gasteiger partial charge is 0.493 e. The molecule has 0 aliphatic rings. The second-order valence-electron chi connectivity index (χ2n) is 5.37. The summed E-state index contributed by atoms with van der Waals surface area (Å²) in [6, 6.07) is 6.14. The first-order chi connectivity index (χ1) is 13.0. The molecule has 0 bridgehead atoms. The van der Waals surface area contributed by atoms with Crippen molar-refractivity contribution in [3.8, 4) is 11.5 Å². The molecular formula is C18H21N3O6. The number of furan rings is 1. The Hall–Kier alpha value is -3.49. The monoisotopic (exact) mass is 375 g/mol. The van der Waals surface area contributed by atoms with Gasteiger partial charge in [-0.25, -0.2) is 0 Å². The maximum absolute atomic E-state index is 12.1. The fourth-order valence-corrected chi connectivity index (χ4v) is 2.20. The van der Waals surface area contributed by atoms with Gasteiger partial charge in [-0.05, 0) is 38.1 Å². The number of hydrazine groups is 1. The first-order valence-electron chi connectivity index (χ1n) is 8.18. The highest BCUT2D eigenvalue weighted by Gasteiger charge is 2.14. The molecule has 9 heteroatoms. The van der Waals surface area contributed by atoms with E-state index in [-0.39, 0.29) is 12.1 Å². The molecule has 0 saturated carbocycles. The summed E-state index contributed by atoms with van der Waals surface area (Å²) in [6.07, 6.45) is 1.38. The molecule has 0 unspecified atom stereocenters. The van der Waals surface area contributed by atoms with Crippen molar-refractivity contribution >= 4 is 17.7 Å². The van der Waals surface area contributed by atoms with E-state index in [0.29, 0.717) is 29.4 Å². The van der Waals surface area contributed by atoms with Crippen LogP contribution in [0, 0.1) is 6.92 Å². The van der Waals surface area contributed by atoms with Crippen LogP contribution in [-0.2, 0) is 4.79 Å². The van der Waals surface area contributed by atoms with Crippen molar-refractivity contribution in [3.63, 3.8) is 0 Å². The predicted octanol–water partition coefficient (Wildman–Crippen LogP) is 1.19. The lowest BCUT2D eigenvalue weighted by molar-refractivity contribution is -0.120. The molecule has 144 valence electrons. The van der Waals surface area contributed by atoms with Gasteiger partial charge in [-0.15, -0.1) is 0 Å². The second-order valence-corrected chi connectivity index (χ2v) is 5.37. The maximum atomic E-state index is 12.1. The van der Waals surface area contributed by atoms with E-state index in [1.807, 2.05) is 6.92 Å². The first-order valence-corrected chi connectivity index (χ1v) is 8.18. The Labute approximate surface area is 156 Å². The number of aryl methyl sites for hydroxylation is 1. The summed E-state index contributed by atoms with van der Waals surface area (Å²) in [4.78, 5) is 35.8. The number of nitrogens with one attached hydrogen (secondary N) is 3. The molecule has 27 heavy (non-hydrogen) atoms. The Kier molecular flexibility index (Phi) is 6.81. The third-order valence-corrected chi connectivity index (χ3v) is 3.55. The number of ether oxygens (including phenoxy) is 2. The van der Waals surface area contributed by atoms with Crippen LogP contribution >= 0.6 is 0 Å². The van der Waals surface area contributed by atoms with E-state index in [0.717, 1.165) is 0 Å². The molecule has 2 aromatic rings. The van der Waals surface area contributed by atoms with E-state index in [1.165, 1.54) is 25.5 Å². The van der Waals surface area contributed by atoms with Gasteiger partial charge in [0.1, 0.15) is 5.76 Å². The van der Waals surface area contributed by atoms with E-state index in [9.17, 15) is 14.4 Å². The molecule has 0 saturated heterocycles. The SMILES string of the molecule is CCOc1ccc(C(=O)NNC(=O)CNC(=O)c2ccoc2C)cc1OC. The summed E-state index contributed by atoms with van der Waals surface area (Å²) >= 11 is 0. The molecule has 3 N–H and O–H groups in total. The van der Waals surface area contributed by atoms with Gasteiger partial charge in [0.25, 0.3) is 17.7 Å². The molecule has 1 heterocycles. The standard InChI is InChI=1S/C18H21N3O6/c1-4-26-14-6-5-12(9-15(14)25-3)17(23)21-20-16(22)10-19-18(24)13-7-8-27-11(13)2/h5-9H,4,10H2,1-3H3,(H,19,24)(H,20,22)(H,21,23). The van der Waals surface area contributed by atoms with Crippen LogP contribution in [0.25, 0.3) is 0 Å². The van der Waals surface area contributed by atoms with Gasteiger partial charge in [-0.2, -0.15) is 0 Å². The molecule has 1 aromatic heterocycles. The molecule has 0 atom stereocenters. The van der Waals surface area contributed by atoms with Crippen LogP contribution in [-0.4, -0.2) is 38.0 Å². The summed E-state index contributed by atoms with van der Waals surface area (Å²) < 4.78 is 15.6. The normalized spacial score (nSPS) is 10.0. The van der Waals surface area contributed by atoms with Crippen LogP contribution in [0.2, 0.25) is 0 Å². The molecule has 0 aliphatic carbocycles. The van der Waals surface area contributed by atoms with Gasteiger partial charge in [-0.1, -0.05) is 0 Å². The van der Waals surface area contributed by atoms with Crippen LogP contribution in [0.15, 0.2) is 34.9 Å². The topological polar surface area (TPSA) is 119 Å². The zero-order chi connectivity index (χ0) is 19.8. The number of hydrogen-bond donors (Lipinski definition) is 3. The van der Waals surface area contributed by atoms with Gasteiger partial charge in [0, 0.05) is 5.56 Å². The van der Waals surface area contributed by atoms with Crippen molar-refractivity contribution in [2.75, 3.05) is 20.3 Å². The molecule has 9 nitrogen and oxygen atoms in total. The summed E-state index contributed by atoms with van der Waals surface area (Å²) in [5.74, 6) is -0.210. The van der Waals surface area contributed by atoms with Gasteiger partial charge in [0.15, 0.2) is 11.5 Å². The fourth-order valence-electron chi connectivity index (χ4n) is 2.20. The van der Waals surface area contributed by atoms with E-state index in [2.05, 4.69) is 16.2 Å². The third-order valence-electron chi connectivity index (χ3n) is 3.55. The summed E-state index contributed by atoms with van der Waals surface area (Å²) in [6.45, 7) is 3.63. The molecule has 0 aliphatic heterocycles. The smallest absolute Gasteiger partial charge is 0.269 e. The lowest BCUT2D eigenvalue weighted by Crippen LogP contribution is -2.46. The second kappa shape index (κ2) is 9.27. The molecule has 3 amide bonds. The Morgan fingerprint density at radius 3 is 2.48 bits per heavy atom. The average Bonchev–Trinajstić information content (AvgIpc) is 3.10. The maximum Gasteiger partial charge on any atom is 0.269 e. The zero-order valence-corrected chi connectivity index (χ0v) is 15.3. The first kappa shape index (κ1) is 19.8. The Bertz CT molecular complexity index is 830. The summed E-state index contributed by atoms with van der Waals surface area (Å²) in [7, 11) is 1.46. The van der Waals surface area contributed by atoms with Crippen LogP contribution in [0.1, 0.15) is 33.4 Å². The fraction of sp³-hybridized carbons (Fsp3) is 0.278. The number of amides is 3. The van der Waals surface area contributed by atoms with E-state index in [4.69, 9.17) is 13.9 Å². The van der Waals surface area contributed by atoms with Gasteiger partial charge in [0.2, 0.25) is 0 Å². The highest BCUT2D eigenvalue weighted by Crippen LogP contribution is 2.27. The Morgan fingerprint density at radius 2 is 1.85 bits per heavy atom. The molecule has 0 fully saturated rings. The summed E-state index contributed by atoms with van der Waals surface area (Å²) in [5, 5.41) is 2.43. The van der Waals surface area contributed by atoms with Crippen molar-refractivity contribution in [3.05, 3.63) is 47.4 Å².